The zero-order chi connectivity index (χ0) is 14.2. The number of nitrogens with one attached hydrogen (secondary N) is 1. The number of hydrogen-bond donors (Lipinski definition) is 1. The van der Waals surface area contributed by atoms with E-state index in [1.165, 1.54) is 12.8 Å². The molecular weight excluding hydrogens is 266 g/mol. The molecule has 1 N–H and O–H groups in total. The molecule has 21 heavy (non-hydrogen) atoms. The standard InChI is InChI=1S/C16H21N3O2/c20-16(18-7-11-2-1-5-17-6-11)10-19-8-12-13(9-19)15-4-3-14(12)21-15/h1-2,5-6,12-15H,3-4,7-10H2,(H,18,20)/t12-,13+,14-,15-/m1/s1. The van der Waals surface area contributed by atoms with Crippen LogP contribution in [0.2, 0.25) is 0 Å². The molecule has 1 amide bonds. The lowest BCUT2D eigenvalue weighted by molar-refractivity contribution is -0.122. The van der Waals surface area contributed by atoms with Crippen molar-refractivity contribution in [3.05, 3.63) is 30.1 Å². The summed E-state index contributed by atoms with van der Waals surface area (Å²) in [6.07, 6.45) is 6.88. The van der Waals surface area contributed by atoms with Crippen molar-refractivity contribution < 1.29 is 9.53 Å². The molecule has 3 aliphatic rings. The first-order valence-corrected chi connectivity index (χ1v) is 7.83. The van der Waals surface area contributed by atoms with Gasteiger partial charge < -0.3 is 10.1 Å². The fourth-order valence-electron chi connectivity index (χ4n) is 4.14. The molecule has 0 spiro atoms. The van der Waals surface area contributed by atoms with Crippen LogP contribution in [0.1, 0.15) is 18.4 Å². The zero-order valence-electron chi connectivity index (χ0n) is 12.1. The number of ether oxygens (including phenoxy) is 1. The number of hydrogen-bond acceptors (Lipinski definition) is 4. The molecule has 4 atom stereocenters. The lowest BCUT2D eigenvalue weighted by Gasteiger charge is -2.18. The minimum Gasteiger partial charge on any atom is -0.374 e. The minimum absolute atomic E-state index is 0.104. The number of amides is 1. The minimum atomic E-state index is 0.104. The largest absolute Gasteiger partial charge is 0.374 e. The van der Waals surface area contributed by atoms with Crippen molar-refractivity contribution in [2.75, 3.05) is 19.6 Å². The van der Waals surface area contributed by atoms with E-state index in [2.05, 4.69) is 15.2 Å². The van der Waals surface area contributed by atoms with E-state index in [1.807, 2.05) is 12.1 Å². The molecule has 5 nitrogen and oxygen atoms in total. The van der Waals surface area contributed by atoms with Crippen LogP contribution >= 0.6 is 0 Å². The Morgan fingerprint density at radius 1 is 1.33 bits per heavy atom. The Labute approximate surface area is 124 Å². The number of aromatic nitrogens is 1. The Morgan fingerprint density at radius 2 is 2.10 bits per heavy atom. The van der Waals surface area contributed by atoms with Gasteiger partial charge >= 0.3 is 0 Å². The smallest absolute Gasteiger partial charge is 0.234 e. The predicted molar refractivity (Wildman–Crippen MR) is 77.4 cm³/mol. The summed E-state index contributed by atoms with van der Waals surface area (Å²) < 4.78 is 5.96. The first-order valence-electron chi connectivity index (χ1n) is 7.83. The summed E-state index contributed by atoms with van der Waals surface area (Å²) in [6, 6.07) is 3.86. The van der Waals surface area contributed by atoms with Gasteiger partial charge in [0.1, 0.15) is 0 Å². The van der Waals surface area contributed by atoms with Crippen molar-refractivity contribution in [2.45, 2.75) is 31.6 Å². The van der Waals surface area contributed by atoms with Crippen molar-refractivity contribution >= 4 is 5.91 Å². The third kappa shape index (κ3) is 2.56. The second-order valence-corrected chi connectivity index (χ2v) is 6.45. The van der Waals surface area contributed by atoms with Gasteiger partial charge in [-0.1, -0.05) is 6.07 Å². The molecule has 4 heterocycles. The van der Waals surface area contributed by atoms with E-state index in [0.717, 1.165) is 18.7 Å². The van der Waals surface area contributed by atoms with Gasteiger partial charge in [0.05, 0.1) is 18.8 Å². The van der Waals surface area contributed by atoms with Gasteiger partial charge in [0.25, 0.3) is 0 Å². The van der Waals surface area contributed by atoms with Crippen molar-refractivity contribution in [1.29, 1.82) is 0 Å². The summed E-state index contributed by atoms with van der Waals surface area (Å²) in [7, 11) is 0. The van der Waals surface area contributed by atoms with Crippen molar-refractivity contribution in [2.24, 2.45) is 11.8 Å². The van der Waals surface area contributed by atoms with Gasteiger partial charge in [0.2, 0.25) is 5.91 Å². The fourth-order valence-corrected chi connectivity index (χ4v) is 4.14. The Morgan fingerprint density at radius 3 is 2.76 bits per heavy atom. The lowest BCUT2D eigenvalue weighted by atomic mass is 9.82. The molecule has 0 aromatic carbocycles. The number of nitrogens with zero attached hydrogens (tertiary/aromatic N) is 2. The highest BCUT2D eigenvalue weighted by Gasteiger charge is 2.52. The molecular formula is C16H21N3O2. The second-order valence-electron chi connectivity index (χ2n) is 6.45. The van der Waals surface area contributed by atoms with E-state index in [-0.39, 0.29) is 5.91 Å². The molecule has 3 saturated heterocycles. The summed E-state index contributed by atoms with van der Waals surface area (Å²) in [5.74, 6) is 1.43. The van der Waals surface area contributed by atoms with Crippen molar-refractivity contribution in [3.63, 3.8) is 0 Å². The monoisotopic (exact) mass is 287 g/mol. The first-order chi connectivity index (χ1) is 10.3. The van der Waals surface area contributed by atoms with E-state index in [0.29, 0.717) is 37.1 Å². The van der Waals surface area contributed by atoms with Crippen LogP contribution < -0.4 is 5.32 Å². The number of fused-ring (bicyclic) bond motifs is 5. The van der Waals surface area contributed by atoms with Crippen LogP contribution in [0, 0.1) is 11.8 Å². The zero-order valence-corrected chi connectivity index (χ0v) is 12.1. The predicted octanol–water partition coefficient (Wildman–Crippen LogP) is 0.807. The highest BCUT2D eigenvalue weighted by atomic mass is 16.5. The normalized spacial score (nSPS) is 34.1. The van der Waals surface area contributed by atoms with Crippen molar-refractivity contribution in [1.82, 2.24) is 15.2 Å². The average Bonchev–Trinajstić information content (AvgIpc) is 3.18. The first kappa shape index (κ1) is 13.2. The number of rotatable bonds is 4. The fraction of sp³-hybridized carbons (Fsp3) is 0.625. The highest BCUT2D eigenvalue weighted by Crippen LogP contribution is 2.46. The second kappa shape index (κ2) is 5.39. The molecule has 1 aromatic heterocycles. The Hall–Kier alpha value is -1.46. The summed E-state index contributed by atoms with van der Waals surface area (Å²) in [6.45, 7) is 3.10. The van der Waals surface area contributed by atoms with Crippen LogP contribution in [0.3, 0.4) is 0 Å². The summed E-state index contributed by atoms with van der Waals surface area (Å²) in [5.41, 5.74) is 1.04. The maximum absolute atomic E-state index is 12.1. The Bertz CT molecular complexity index is 504. The number of likely N-dealkylation sites (tertiary alicyclic amines) is 1. The molecule has 0 saturated carbocycles. The van der Waals surface area contributed by atoms with Gasteiger partial charge in [-0.05, 0) is 24.5 Å². The van der Waals surface area contributed by atoms with Crippen LogP contribution in [0.4, 0.5) is 0 Å². The molecule has 112 valence electrons. The van der Waals surface area contributed by atoms with E-state index >= 15 is 0 Å². The van der Waals surface area contributed by atoms with E-state index in [1.54, 1.807) is 12.4 Å². The topological polar surface area (TPSA) is 54.5 Å². The quantitative estimate of drug-likeness (QED) is 0.890. The maximum Gasteiger partial charge on any atom is 0.234 e. The SMILES string of the molecule is O=C(CN1C[C@@H]2[C@H](C1)[C@H]1CC[C@H]2O1)NCc1cccnc1. The van der Waals surface area contributed by atoms with E-state index in [4.69, 9.17) is 4.74 Å². The molecule has 4 rings (SSSR count). The third-order valence-electron chi connectivity index (χ3n) is 5.11. The summed E-state index contributed by atoms with van der Waals surface area (Å²) in [5, 5.41) is 2.98. The van der Waals surface area contributed by atoms with Crippen LogP contribution in [0.25, 0.3) is 0 Å². The molecule has 0 unspecified atom stereocenters. The van der Waals surface area contributed by atoms with Crippen LogP contribution in [0.15, 0.2) is 24.5 Å². The summed E-state index contributed by atoms with van der Waals surface area (Å²) >= 11 is 0. The van der Waals surface area contributed by atoms with E-state index < -0.39 is 0 Å². The maximum atomic E-state index is 12.1. The number of pyridine rings is 1. The molecule has 5 heteroatoms. The van der Waals surface area contributed by atoms with Gasteiger partial charge in [0.15, 0.2) is 0 Å². The van der Waals surface area contributed by atoms with Crippen molar-refractivity contribution in [3.8, 4) is 0 Å². The Balaban J connectivity index is 1.26. The van der Waals surface area contributed by atoms with E-state index in [9.17, 15) is 4.79 Å². The third-order valence-corrected chi connectivity index (χ3v) is 5.11. The molecule has 3 fully saturated rings. The molecule has 2 bridgehead atoms. The molecule has 1 aromatic rings. The van der Waals surface area contributed by atoms with Crippen LogP contribution in [-0.4, -0.2) is 47.6 Å². The van der Waals surface area contributed by atoms with Gasteiger partial charge in [-0.15, -0.1) is 0 Å². The van der Waals surface area contributed by atoms with Gasteiger partial charge in [-0.2, -0.15) is 0 Å². The van der Waals surface area contributed by atoms with Gasteiger partial charge in [-0.25, -0.2) is 0 Å². The Kier molecular flexibility index (Phi) is 3.39. The van der Waals surface area contributed by atoms with Gasteiger partial charge in [-0.3, -0.25) is 14.7 Å². The lowest BCUT2D eigenvalue weighted by Crippen LogP contribution is -2.37. The molecule has 3 aliphatic heterocycles. The number of carbonyl (C=O) groups excluding carboxylic acids is 1. The molecule has 0 aliphatic carbocycles. The highest BCUT2D eigenvalue weighted by molar-refractivity contribution is 5.78. The average molecular weight is 287 g/mol. The van der Waals surface area contributed by atoms with Crippen LogP contribution in [0.5, 0.6) is 0 Å². The molecule has 0 radical (unpaired) electrons. The van der Waals surface area contributed by atoms with Crippen LogP contribution in [-0.2, 0) is 16.1 Å². The number of carbonyl (C=O) groups is 1. The van der Waals surface area contributed by atoms with Gasteiger partial charge in [0, 0.05) is 43.9 Å². The summed E-state index contributed by atoms with van der Waals surface area (Å²) in [4.78, 5) is 18.4.